The van der Waals surface area contributed by atoms with Crippen molar-refractivity contribution in [2.75, 3.05) is 6.54 Å². The molecular weight excluding hydrogens is 310 g/mol. The third kappa shape index (κ3) is 3.67. The number of imide groups is 1. The summed E-state index contributed by atoms with van der Waals surface area (Å²) in [5, 5.41) is 12.2. The summed E-state index contributed by atoms with van der Waals surface area (Å²) in [6, 6.07) is 5.14. The van der Waals surface area contributed by atoms with Crippen LogP contribution in [0.15, 0.2) is 24.3 Å². The number of amides is 4. The van der Waals surface area contributed by atoms with Gasteiger partial charge in [-0.3, -0.25) is 4.79 Å². The first-order valence-corrected chi connectivity index (χ1v) is 7.04. The Balaban J connectivity index is 1.97. The van der Waals surface area contributed by atoms with Gasteiger partial charge in [0.1, 0.15) is 0 Å². The smallest absolute Gasteiger partial charge is 0.325 e. The molecular formula is C14H16ClN3O4. The molecule has 0 unspecified atom stereocenters. The molecule has 1 aliphatic rings. The van der Waals surface area contributed by atoms with Crippen molar-refractivity contribution in [3.05, 3.63) is 34.9 Å². The van der Waals surface area contributed by atoms with Crippen LogP contribution in [-0.2, 0) is 11.3 Å². The third-order valence-electron chi connectivity index (χ3n) is 3.64. The van der Waals surface area contributed by atoms with Crippen molar-refractivity contribution < 1.29 is 19.5 Å². The minimum absolute atomic E-state index is 0.180. The van der Waals surface area contributed by atoms with Crippen molar-refractivity contribution in [2.24, 2.45) is 11.1 Å². The molecule has 1 fully saturated rings. The summed E-state index contributed by atoms with van der Waals surface area (Å²) >= 11 is 5.76. The van der Waals surface area contributed by atoms with Gasteiger partial charge in [-0.05, 0) is 30.5 Å². The van der Waals surface area contributed by atoms with Crippen LogP contribution in [0.3, 0.4) is 0 Å². The lowest BCUT2D eigenvalue weighted by Gasteiger charge is -2.22. The minimum Gasteiger partial charge on any atom is -0.481 e. The van der Waals surface area contributed by atoms with Gasteiger partial charge in [0.2, 0.25) is 0 Å². The number of hydrogen-bond donors (Lipinski definition) is 3. The molecule has 0 aromatic heterocycles. The fourth-order valence-corrected chi connectivity index (χ4v) is 2.14. The Morgan fingerprint density at radius 3 is 2.32 bits per heavy atom. The monoisotopic (exact) mass is 325 g/mol. The first-order valence-electron chi connectivity index (χ1n) is 6.67. The number of nitrogens with two attached hydrogens (primary N) is 1. The highest BCUT2D eigenvalue weighted by atomic mass is 35.5. The summed E-state index contributed by atoms with van der Waals surface area (Å²) in [4.78, 5) is 35.3. The summed E-state index contributed by atoms with van der Waals surface area (Å²) in [6.07, 6.45) is 0.854. The number of halogens is 1. The van der Waals surface area contributed by atoms with Crippen molar-refractivity contribution in [3.8, 4) is 0 Å². The molecule has 8 heteroatoms. The molecule has 4 N–H and O–H groups in total. The fraction of sp³-hybridized carbons (Fsp3) is 0.357. The van der Waals surface area contributed by atoms with Gasteiger partial charge >= 0.3 is 18.0 Å². The van der Waals surface area contributed by atoms with Crippen LogP contribution in [0.1, 0.15) is 18.4 Å². The molecule has 7 nitrogen and oxygen atoms in total. The number of carbonyl (C=O) groups is 3. The van der Waals surface area contributed by atoms with Crippen molar-refractivity contribution in [2.45, 2.75) is 19.4 Å². The zero-order valence-corrected chi connectivity index (χ0v) is 12.5. The topological polar surface area (TPSA) is 113 Å². The van der Waals surface area contributed by atoms with Crippen molar-refractivity contribution in [1.82, 2.24) is 10.2 Å². The molecule has 1 saturated carbocycles. The first-order chi connectivity index (χ1) is 10.3. The van der Waals surface area contributed by atoms with E-state index in [-0.39, 0.29) is 13.1 Å². The highest BCUT2D eigenvalue weighted by molar-refractivity contribution is 6.30. The number of rotatable bonds is 5. The van der Waals surface area contributed by atoms with Crippen LogP contribution >= 0.6 is 11.6 Å². The van der Waals surface area contributed by atoms with Crippen molar-refractivity contribution in [3.63, 3.8) is 0 Å². The molecule has 0 spiro atoms. The molecule has 118 valence electrons. The molecule has 1 aromatic rings. The molecule has 0 saturated heterocycles. The van der Waals surface area contributed by atoms with Crippen molar-refractivity contribution >= 4 is 29.6 Å². The predicted octanol–water partition coefficient (Wildman–Crippen LogP) is 1.80. The van der Waals surface area contributed by atoms with E-state index in [1.54, 1.807) is 24.3 Å². The average Bonchev–Trinajstić information content (AvgIpc) is 3.24. The lowest BCUT2D eigenvalue weighted by molar-refractivity contribution is -0.143. The van der Waals surface area contributed by atoms with E-state index in [1.165, 1.54) is 0 Å². The van der Waals surface area contributed by atoms with Crippen LogP contribution in [0.5, 0.6) is 0 Å². The number of nitrogens with zero attached hydrogens (tertiary/aromatic N) is 1. The Bertz CT molecular complexity index is 599. The van der Waals surface area contributed by atoms with Crippen LogP contribution < -0.4 is 11.1 Å². The van der Waals surface area contributed by atoms with E-state index < -0.39 is 23.4 Å². The van der Waals surface area contributed by atoms with Crippen molar-refractivity contribution in [1.29, 1.82) is 0 Å². The highest BCUT2D eigenvalue weighted by Crippen LogP contribution is 2.46. The summed E-state index contributed by atoms with van der Waals surface area (Å²) in [7, 11) is 0. The second-order valence-electron chi connectivity index (χ2n) is 5.30. The average molecular weight is 326 g/mol. The molecule has 0 bridgehead atoms. The molecule has 4 amide bonds. The van der Waals surface area contributed by atoms with Gasteiger partial charge in [-0.1, -0.05) is 23.7 Å². The van der Waals surface area contributed by atoms with E-state index in [4.69, 9.17) is 22.4 Å². The zero-order chi connectivity index (χ0) is 16.3. The minimum atomic E-state index is -1.05. The number of hydrogen-bond acceptors (Lipinski definition) is 3. The summed E-state index contributed by atoms with van der Waals surface area (Å²) in [6.45, 7) is -0.0377. The van der Waals surface area contributed by atoms with Crippen LogP contribution in [0, 0.1) is 5.41 Å². The Hall–Kier alpha value is -2.28. The number of nitrogens with one attached hydrogen (secondary N) is 1. The van der Waals surface area contributed by atoms with E-state index in [9.17, 15) is 14.4 Å². The van der Waals surface area contributed by atoms with Gasteiger partial charge in [0.05, 0.1) is 5.41 Å². The standard InChI is InChI=1S/C14H16ClN3O4/c15-10-3-1-9(2-4-10)7-17-13(22)18(12(16)21)8-14(5-6-14)11(19)20/h1-4H,5-8H2,(H2,16,21)(H,17,22)(H,19,20). The van der Waals surface area contributed by atoms with Gasteiger partial charge < -0.3 is 16.2 Å². The van der Waals surface area contributed by atoms with Gasteiger partial charge in [-0.25, -0.2) is 14.5 Å². The number of carbonyl (C=O) groups excluding carboxylic acids is 2. The number of urea groups is 2. The maximum atomic E-state index is 12.0. The van der Waals surface area contributed by atoms with E-state index in [1.807, 2.05) is 0 Å². The SMILES string of the molecule is NC(=O)N(CC1(C(=O)O)CC1)C(=O)NCc1ccc(Cl)cc1. The van der Waals surface area contributed by atoms with Crippen LogP contribution in [-0.4, -0.2) is 34.6 Å². The van der Waals surface area contributed by atoms with Crippen LogP contribution in [0.4, 0.5) is 9.59 Å². The molecule has 1 aromatic carbocycles. The van der Waals surface area contributed by atoms with Gasteiger partial charge in [0, 0.05) is 18.1 Å². The molecule has 0 heterocycles. The Labute approximate surface area is 132 Å². The second kappa shape index (κ2) is 6.23. The maximum absolute atomic E-state index is 12.0. The van der Waals surface area contributed by atoms with E-state index in [2.05, 4.69) is 5.32 Å². The second-order valence-corrected chi connectivity index (χ2v) is 5.73. The molecule has 0 aliphatic heterocycles. The number of carboxylic acid groups (broad SMARTS) is 1. The first kappa shape index (κ1) is 16.1. The van der Waals surface area contributed by atoms with Gasteiger partial charge in [-0.2, -0.15) is 0 Å². The molecule has 2 rings (SSSR count). The quantitative estimate of drug-likeness (QED) is 0.766. The lowest BCUT2D eigenvalue weighted by atomic mass is 10.1. The highest BCUT2D eigenvalue weighted by Gasteiger charge is 2.52. The summed E-state index contributed by atoms with van der Waals surface area (Å²) in [5.41, 5.74) is 4.92. The lowest BCUT2D eigenvalue weighted by Crippen LogP contribution is -2.49. The molecule has 0 radical (unpaired) electrons. The summed E-state index contributed by atoms with van der Waals surface area (Å²) in [5.74, 6) is -1.02. The largest absolute Gasteiger partial charge is 0.481 e. The number of aliphatic carboxylic acids is 1. The Morgan fingerprint density at radius 2 is 1.86 bits per heavy atom. The van der Waals surface area contributed by atoms with Gasteiger partial charge in [0.15, 0.2) is 0 Å². The van der Waals surface area contributed by atoms with E-state index in [0.29, 0.717) is 17.9 Å². The Morgan fingerprint density at radius 1 is 1.27 bits per heavy atom. The number of carboxylic acids is 1. The normalized spacial score (nSPS) is 15.0. The Kier molecular flexibility index (Phi) is 4.56. The number of benzene rings is 1. The maximum Gasteiger partial charge on any atom is 0.325 e. The zero-order valence-electron chi connectivity index (χ0n) is 11.7. The fourth-order valence-electron chi connectivity index (χ4n) is 2.02. The van der Waals surface area contributed by atoms with E-state index in [0.717, 1.165) is 10.5 Å². The van der Waals surface area contributed by atoms with E-state index >= 15 is 0 Å². The molecule has 0 atom stereocenters. The third-order valence-corrected chi connectivity index (χ3v) is 3.89. The molecule has 22 heavy (non-hydrogen) atoms. The van der Waals surface area contributed by atoms with Crippen LogP contribution in [0.25, 0.3) is 0 Å². The van der Waals surface area contributed by atoms with Gasteiger partial charge in [0.25, 0.3) is 0 Å². The summed E-state index contributed by atoms with van der Waals surface area (Å²) < 4.78 is 0. The predicted molar refractivity (Wildman–Crippen MR) is 79.3 cm³/mol. The molecule has 1 aliphatic carbocycles. The van der Waals surface area contributed by atoms with Gasteiger partial charge in [-0.15, -0.1) is 0 Å². The van der Waals surface area contributed by atoms with Crippen LogP contribution in [0.2, 0.25) is 5.02 Å². The number of primary amides is 1.